The van der Waals surface area contributed by atoms with E-state index in [1.165, 1.54) is 54.4 Å². The zero-order chi connectivity index (χ0) is 28.2. The van der Waals surface area contributed by atoms with Gasteiger partial charge in [-0.2, -0.15) is 17.5 Å². The Kier molecular flexibility index (Phi) is 8.21. The Morgan fingerprint density at radius 2 is 1.72 bits per heavy atom. The maximum atomic E-state index is 13.5. The fourth-order valence-electron chi connectivity index (χ4n) is 4.03. The van der Waals surface area contributed by atoms with Crippen molar-refractivity contribution < 1.29 is 35.9 Å². The van der Waals surface area contributed by atoms with Gasteiger partial charge in [0.05, 0.1) is 16.7 Å². The number of hydrogen-bond acceptors (Lipinski definition) is 6. The Morgan fingerprint density at radius 1 is 1.03 bits per heavy atom. The number of benzene rings is 2. The molecule has 1 atom stereocenters. The molecular formula is C26H25F3N4O5S. The number of nitrogens with zero attached hydrogens (tertiary/aromatic N) is 3. The molecule has 0 radical (unpaired) electrons. The molecule has 0 spiro atoms. The number of hydrogen-bond donors (Lipinski definition) is 1. The van der Waals surface area contributed by atoms with Crippen molar-refractivity contribution in [2.45, 2.75) is 30.6 Å². The lowest BCUT2D eigenvalue weighted by Crippen LogP contribution is -2.61. The first kappa shape index (κ1) is 28.0. The van der Waals surface area contributed by atoms with Crippen LogP contribution in [0.2, 0.25) is 0 Å². The second kappa shape index (κ2) is 11.4. The third-order valence-corrected chi connectivity index (χ3v) is 8.05. The van der Waals surface area contributed by atoms with Crippen LogP contribution < -0.4 is 10.1 Å². The number of amides is 2. The molecule has 0 aliphatic carbocycles. The van der Waals surface area contributed by atoms with Gasteiger partial charge >= 0.3 is 6.18 Å². The Hall–Kier alpha value is -3.97. The quantitative estimate of drug-likeness (QED) is 0.473. The van der Waals surface area contributed by atoms with E-state index in [9.17, 15) is 31.2 Å². The molecular weight excluding hydrogens is 537 g/mol. The predicted octanol–water partition coefficient (Wildman–Crippen LogP) is 3.43. The van der Waals surface area contributed by atoms with E-state index >= 15 is 0 Å². The van der Waals surface area contributed by atoms with Crippen LogP contribution in [0.1, 0.15) is 18.1 Å². The van der Waals surface area contributed by atoms with Crippen LogP contribution >= 0.6 is 0 Å². The van der Waals surface area contributed by atoms with E-state index in [-0.39, 0.29) is 37.0 Å². The summed E-state index contributed by atoms with van der Waals surface area (Å²) in [5, 5.41) is 2.59. The number of piperazine rings is 1. The standard InChI is InChI=1S/C26H25F3N4O5S/c1-18(34)32-13-14-33(24(17-32)25(35)31-15-19-4-6-20(7-5-19)26(27,28)29)39(36,37)23-10-8-21(9-11-23)38-22-3-2-12-30-16-22/h2-12,16,24H,13-15,17H2,1H3,(H,31,35). The first-order valence-electron chi connectivity index (χ1n) is 11.8. The lowest BCUT2D eigenvalue weighted by atomic mass is 10.1. The highest BCUT2D eigenvalue weighted by atomic mass is 32.2. The normalized spacial score (nSPS) is 16.5. The van der Waals surface area contributed by atoms with Gasteiger partial charge in [-0.15, -0.1) is 0 Å². The second-order valence-electron chi connectivity index (χ2n) is 8.77. The molecule has 4 rings (SSSR count). The molecule has 0 bridgehead atoms. The van der Waals surface area contributed by atoms with Gasteiger partial charge in [-0.3, -0.25) is 14.6 Å². The highest BCUT2D eigenvalue weighted by Gasteiger charge is 2.40. The van der Waals surface area contributed by atoms with Crippen LogP contribution in [0.4, 0.5) is 13.2 Å². The molecule has 0 saturated carbocycles. The summed E-state index contributed by atoms with van der Waals surface area (Å²) < 4.78 is 72.2. The molecule has 2 amide bonds. The fraction of sp³-hybridized carbons (Fsp3) is 0.269. The number of nitrogens with one attached hydrogen (secondary N) is 1. The maximum Gasteiger partial charge on any atom is 0.416 e. The fourth-order valence-corrected chi connectivity index (χ4v) is 5.60. The van der Waals surface area contributed by atoms with Crippen molar-refractivity contribution in [1.29, 1.82) is 0 Å². The van der Waals surface area contributed by atoms with Crippen LogP contribution in [0.15, 0.2) is 78.0 Å². The molecule has 1 aromatic heterocycles. The molecule has 1 fully saturated rings. The summed E-state index contributed by atoms with van der Waals surface area (Å²) in [6.45, 7) is 1.01. The first-order valence-corrected chi connectivity index (χ1v) is 13.3. The van der Waals surface area contributed by atoms with E-state index < -0.39 is 33.7 Å². The van der Waals surface area contributed by atoms with Gasteiger partial charge in [0, 0.05) is 39.3 Å². The Labute approximate surface area is 223 Å². The Bertz CT molecular complexity index is 1420. The number of halogens is 3. The monoisotopic (exact) mass is 562 g/mol. The second-order valence-corrected chi connectivity index (χ2v) is 10.7. The molecule has 1 unspecified atom stereocenters. The average molecular weight is 563 g/mol. The summed E-state index contributed by atoms with van der Waals surface area (Å²) in [5.41, 5.74) is -0.426. The molecule has 39 heavy (non-hydrogen) atoms. The number of sulfonamides is 1. The molecule has 2 aromatic carbocycles. The van der Waals surface area contributed by atoms with Gasteiger partial charge in [-0.05, 0) is 54.1 Å². The van der Waals surface area contributed by atoms with Crippen LogP contribution in [-0.4, -0.2) is 60.1 Å². The van der Waals surface area contributed by atoms with Crippen LogP contribution in [0.3, 0.4) is 0 Å². The summed E-state index contributed by atoms with van der Waals surface area (Å²) in [6.07, 6.45) is -1.39. The van der Waals surface area contributed by atoms with Gasteiger partial charge in [0.1, 0.15) is 17.5 Å². The first-order chi connectivity index (χ1) is 18.4. The highest BCUT2D eigenvalue weighted by Crippen LogP contribution is 2.29. The van der Waals surface area contributed by atoms with E-state index in [0.717, 1.165) is 16.4 Å². The number of rotatable bonds is 7. The third-order valence-electron chi connectivity index (χ3n) is 6.13. The molecule has 2 heterocycles. The van der Waals surface area contributed by atoms with Crippen molar-refractivity contribution in [2.24, 2.45) is 0 Å². The molecule has 1 aliphatic heterocycles. The van der Waals surface area contributed by atoms with Gasteiger partial charge in [-0.25, -0.2) is 8.42 Å². The lowest BCUT2D eigenvalue weighted by Gasteiger charge is -2.39. The van der Waals surface area contributed by atoms with Crippen molar-refractivity contribution in [1.82, 2.24) is 19.5 Å². The molecule has 206 valence electrons. The molecule has 1 N–H and O–H groups in total. The molecule has 3 aromatic rings. The summed E-state index contributed by atoms with van der Waals surface area (Å²) in [6, 6.07) is 12.1. The largest absolute Gasteiger partial charge is 0.456 e. The molecule has 1 aliphatic rings. The average Bonchev–Trinajstić information content (AvgIpc) is 2.92. The summed E-state index contributed by atoms with van der Waals surface area (Å²) in [5.74, 6) is -0.141. The summed E-state index contributed by atoms with van der Waals surface area (Å²) >= 11 is 0. The molecule has 9 nitrogen and oxygen atoms in total. The highest BCUT2D eigenvalue weighted by molar-refractivity contribution is 7.89. The van der Waals surface area contributed by atoms with Gasteiger partial charge in [0.15, 0.2) is 0 Å². The van der Waals surface area contributed by atoms with E-state index in [1.54, 1.807) is 18.3 Å². The van der Waals surface area contributed by atoms with Crippen molar-refractivity contribution in [3.8, 4) is 11.5 Å². The van der Waals surface area contributed by atoms with Crippen LogP contribution in [0.25, 0.3) is 0 Å². The minimum atomic E-state index is -4.49. The van der Waals surface area contributed by atoms with Crippen molar-refractivity contribution in [2.75, 3.05) is 19.6 Å². The van der Waals surface area contributed by atoms with Gasteiger partial charge < -0.3 is 15.0 Å². The van der Waals surface area contributed by atoms with Crippen LogP contribution in [-0.2, 0) is 32.3 Å². The van der Waals surface area contributed by atoms with E-state index in [4.69, 9.17) is 4.74 Å². The van der Waals surface area contributed by atoms with Crippen LogP contribution in [0, 0.1) is 0 Å². The number of carbonyl (C=O) groups is 2. The minimum absolute atomic E-state index is 0.0714. The van der Waals surface area contributed by atoms with E-state index in [0.29, 0.717) is 17.1 Å². The Morgan fingerprint density at radius 3 is 2.31 bits per heavy atom. The van der Waals surface area contributed by atoms with Gasteiger partial charge in [-0.1, -0.05) is 12.1 Å². The predicted molar refractivity (Wildman–Crippen MR) is 134 cm³/mol. The third kappa shape index (κ3) is 6.73. The smallest absolute Gasteiger partial charge is 0.416 e. The topological polar surface area (TPSA) is 109 Å². The zero-order valence-corrected chi connectivity index (χ0v) is 21.6. The number of pyridine rings is 1. The van der Waals surface area contributed by atoms with Crippen molar-refractivity contribution in [3.63, 3.8) is 0 Å². The van der Waals surface area contributed by atoms with E-state index in [1.807, 2.05) is 0 Å². The molecule has 13 heteroatoms. The van der Waals surface area contributed by atoms with Crippen molar-refractivity contribution >= 4 is 21.8 Å². The maximum absolute atomic E-state index is 13.5. The number of aromatic nitrogens is 1. The van der Waals surface area contributed by atoms with Gasteiger partial charge in [0.2, 0.25) is 21.8 Å². The lowest BCUT2D eigenvalue weighted by molar-refractivity contribution is -0.138. The van der Waals surface area contributed by atoms with E-state index in [2.05, 4.69) is 10.3 Å². The summed E-state index contributed by atoms with van der Waals surface area (Å²) in [7, 11) is -4.16. The van der Waals surface area contributed by atoms with Crippen molar-refractivity contribution in [3.05, 3.63) is 84.2 Å². The summed E-state index contributed by atoms with van der Waals surface area (Å²) in [4.78, 5) is 30.4. The van der Waals surface area contributed by atoms with Crippen LogP contribution in [0.5, 0.6) is 11.5 Å². The number of ether oxygens (including phenoxy) is 1. The molecule has 1 saturated heterocycles. The zero-order valence-electron chi connectivity index (χ0n) is 20.8. The minimum Gasteiger partial charge on any atom is -0.456 e. The number of alkyl halides is 3. The number of carbonyl (C=O) groups excluding carboxylic acids is 2. The SMILES string of the molecule is CC(=O)N1CCN(S(=O)(=O)c2ccc(Oc3cccnc3)cc2)C(C(=O)NCc2ccc(C(F)(F)F)cc2)C1. The Balaban J connectivity index is 1.50. The van der Waals surface area contributed by atoms with Gasteiger partial charge in [0.25, 0.3) is 0 Å².